The zero-order valence-electron chi connectivity index (χ0n) is 14.4. The van der Waals surface area contributed by atoms with Gasteiger partial charge in [-0.1, -0.05) is 19.1 Å². The van der Waals surface area contributed by atoms with Gasteiger partial charge < -0.3 is 9.73 Å². The number of furan rings is 1. The first-order valence-corrected chi connectivity index (χ1v) is 8.98. The van der Waals surface area contributed by atoms with Gasteiger partial charge >= 0.3 is 0 Å². The molecule has 3 amide bonds. The minimum absolute atomic E-state index is 0.240. The smallest absolute Gasteiger partial charge is 0.294 e. The summed E-state index contributed by atoms with van der Waals surface area (Å²) in [5.74, 6) is 0.287. The van der Waals surface area contributed by atoms with E-state index in [1.807, 2.05) is 19.1 Å². The van der Waals surface area contributed by atoms with Crippen LogP contribution in [0.25, 0.3) is 6.08 Å². The van der Waals surface area contributed by atoms with Gasteiger partial charge in [0, 0.05) is 11.8 Å². The molecule has 134 valence electrons. The number of anilines is 1. The maximum Gasteiger partial charge on any atom is 0.294 e. The van der Waals surface area contributed by atoms with E-state index in [4.69, 9.17) is 4.42 Å². The highest BCUT2D eigenvalue weighted by Gasteiger charge is 2.36. The molecule has 1 fully saturated rings. The molecule has 0 bridgehead atoms. The van der Waals surface area contributed by atoms with Gasteiger partial charge in [0.1, 0.15) is 18.1 Å². The molecule has 6 nitrogen and oxygen atoms in total. The number of amides is 3. The third kappa shape index (κ3) is 4.05. The lowest BCUT2D eigenvalue weighted by molar-refractivity contribution is -0.127. The quantitative estimate of drug-likeness (QED) is 0.809. The van der Waals surface area contributed by atoms with Crippen molar-refractivity contribution in [3.8, 4) is 0 Å². The highest BCUT2D eigenvalue weighted by molar-refractivity contribution is 8.18. The van der Waals surface area contributed by atoms with Crippen LogP contribution >= 0.6 is 11.8 Å². The van der Waals surface area contributed by atoms with Crippen molar-refractivity contribution >= 4 is 40.6 Å². The second-order valence-electron chi connectivity index (χ2n) is 5.81. The minimum Gasteiger partial charge on any atom is -0.462 e. The zero-order chi connectivity index (χ0) is 18.7. The monoisotopic (exact) mass is 370 g/mol. The van der Waals surface area contributed by atoms with Gasteiger partial charge in [-0.25, -0.2) is 0 Å². The molecule has 1 aliphatic heterocycles. The number of carbonyl (C=O) groups excluding carboxylic acids is 3. The standard InChI is InChI=1S/C19H18N2O4S/c1-3-13-5-7-14(8-6-13)20-17(22)11-21-18(23)16(26-19(21)24)10-15-9-4-12(2)25-15/h4-10H,3,11H2,1-2H3,(H,20,22)/b16-10+. The number of hydrogen-bond donors (Lipinski definition) is 1. The van der Waals surface area contributed by atoms with Gasteiger partial charge in [-0.05, 0) is 54.9 Å². The van der Waals surface area contributed by atoms with E-state index < -0.39 is 17.1 Å². The number of hydrogen-bond acceptors (Lipinski definition) is 5. The Morgan fingerprint density at radius 3 is 2.54 bits per heavy atom. The van der Waals surface area contributed by atoms with E-state index in [1.54, 1.807) is 31.2 Å². The van der Waals surface area contributed by atoms with Crippen LogP contribution in [0.4, 0.5) is 10.5 Å². The Bertz CT molecular complexity index is 883. The first kappa shape index (κ1) is 18.0. The van der Waals surface area contributed by atoms with E-state index in [0.29, 0.717) is 17.2 Å². The Balaban J connectivity index is 1.65. The summed E-state index contributed by atoms with van der Waals surface area (Å²) in [5, 5.41) is 2.23. The minimum atomic E-state index is -0.495. The number of aryl methyl sites for hydroxylation is 2. The molecule has 0 atom stereocenters. The van der Waals surface area contributed by atoms with Crippen LogP contribution in [0.5, 0.6) is 0 Å². The zero-order valence-corrected chi connectivity index (χ0v) is 15.3. The summed E-state index contributed by atoms with van der Waals surface area (Å²) in [6.07, 6.45) is 2.42. The predicted octanol–water partition coefficient (Wildman–Crippen LogP) is 3.83. The molecule has 0 radical (unpaired) electrons. The van der Waals surface area contributed by atoms with Crippen molar-refractivity contribution in [3.63, 3.8) is 0 Å². The third-order valence-corrected chi connectivity index (χ3v) is 4.76. The van der Waals surface area contributed by atoms with Crippen LogP contribution < -0.4 is 5.32 Å². The Kier molecular flexibility index (Phi) is 5.27. The number of thioether (sulfide) groups is 1. The van der Waals surface area contributed by atoms with Gasteiger partial charge in [-0.2, -0.15) is 0 Å². The van der Waals surface area contributed by atoms with E-state index in [2.05, 4.69) is 5.32 Å². The number of carbonyl (C=O) groups is 3. The van der Waals surface area contributed by atoms with Crippen LogP contribution in [0.1, 0.15) is 24.0 Å². The van der Waals surface area contributed by atoms with Crippen molar-refractivity contribution in [2.24, 2.45) is 0 Å². The van der Waals surface area contributed by atoms with E-state index >= 15 is 0 Å². The van der Waals surface area contributed by atoms with Crippen LogP contribution in [0, 0.1) is 6.92 Å². The Labute approximate surface area is 155 Å². The van der Waals surface area contributed by atoms with Crippen LogP contribution in [0.15, 0.2) is 45.7 Å². The van der Waals surface area contributed by atoms with E-state index in [1.165, 1.54) is 6.08 Å². The molecule has 26 heavy (non-hydrogen) atoms. The molecule has 1 aromatic carbocycles. The lowest BCUT2D eigenvalue weighted by Gasteiger charge is -2.12. The lowest BCUT2D eigenvalue weighted by atomic mass is 10.1. The summed E-state index contributed by atoms with van der Waals surface area (Å²) in [7, 11) is 0. The van der Waals surface area contributed by atoms with Gasteiger partial charge in [0.15, 0.2) is 0 Å². The van der Waals surface area contributed by atoms with Crippen LogP contribution in [0.2, 0.25) is 0 Å². The Morgan fingerprint density at radius 1 is 1.19 bits per heavy atom. The van der Waals surface area contributed by atoms with Crippen LogP contribution in [-0.4, -0.2) is 28.5 Å². The molecule has 0 aliphatic carbocycles. The molecule has 1 N–H and O–H groups in total. The van der Waals surface area contributed by atoms with Gasteiger partial charge in [0.05, 0.1) is 4.91 Å². The molecule has 1 aromatic heterocycles. The van der Waals surface area contributed by atoms with Gasteiger partial charge in [-0.3, -0.25) is 19.3 Å². The molecule has 0 unspecified atom stereocenters. The largest absolute Gasteiger partial charge is 0.462 e. The fraction of sp³-hybridized carbons (Fsp3) is 0.211. The lowest BCUT2D eigenvalue weighted by Crippen LogP contribution is -2.36. The first-order valence-electron chi connectivity index (χ1n) is 8.17. The van der Waals surface area contributed by atoms with Crippen LogP contribution in [-0.2, 0) is 16.0 Å². The van der Waals surface area contributed by atoms with E-state index in [9.17, 15) is 14.4 Å². The number of benzene rings is 1. The summed E-state index contributed by atoms with van der Waals surface area (Å²) in [5.41, 5.74) is 1.79. The summed E-state index contributed by atoms with van der Waals surface area (Å²) >= 11 is 0.798. The molecule has 0 saturated carbocycles. The number of nitrogens with one attached hydrogen (secondary N) is 1. The summed E-state index contributed by atoms with van der Waals surface area (Å²) < 4.78 is 5.39. The maximum atomic E-state index is 12.4. The fourth-order valence-corrected chi connectivity index (χ4v) is 3.28. The average molecular weight is 370 g/mol. The molecule has 2 heterocycles. The van der Waals surface area contributed by atoms with Crippen LogP contribution in [0.3, 0.4) is 0 Å². The SMILES string of the molecule is CCc1ccc(NC(=O)CN2C(=O)S/C(=C/c3ccc(C)o3)C2=O)cc1. The maximum absolute atomic E-state index is 12.4. The van der Waals surface area contributed by atoms with E-state index in [0.717, 1.165) is 28.6 Å². The summed E-state index contributed by atoms with van der Waals surface area (Å²) in [4.78, 5) is 37.8. The molecule has 0 spiro atoms. The fourth-order valence-electron chi connectivity index (χ4n) is 2.46. The molecule has 2 aromatic rings. The van der Waals surface area contributed by atoms with Gasteiger partial charge in [0.25, 0.3) is 11.1 Å². The van der Waals surface area contributed by atoms with Crippen molar-refractivity contribution in [2.45, 2.75) is 20.3 Å². The molecule has 7 heteroatoms. The van der Waals surface area contributed by atoms with E-state index in [-0.39, 0.29) is 11.4 Å². The highest BCUT2D eigenvalue weighted by atomic mass is 32.2. The predicted molar refractivity (Wildman–Crippen MR) is 101 cm³/mol. The van der Waals surface area contributed by atoms with Crippen molar-refractivity contribution < 1.29 is 18.8 Å². The number of rotatable bonds is 5. The second kappa shape index (κ2) is 7.61. The third-order valence-electron chi connectivity index (χ3n) is 3.86. The van der Waals surface area contributed by atoms with Gasteiger partial charge in [0.2, 0.25) is 5.91 Å². The molecule has 3 rings (SSSR count). The van der Waals surface area contributed by atoms with Crippen molar-refractivity contribution in [1.82, 2.24) is 4.90 Å². The first-order chi connectivity index (χ1) is 12.5. The summed E-state index contributed by atoms with van der Waals surface area (Å²) in [6.45, 7) is 3.51. The van der Waals surface area contributed by atoms with Crippen molar-refractivity contribution in [2.75, 3.05) is 11.9 Å². The van der Waals surface area contributed by atoms with Crippen molar-refractivity contribution in [1.29, 1.82) is 0 Å². The Hall–Kier alpha value is -2.80. The molecule has 1 saturated heterocycles. The average Bonchev–Trinajstić information content (AvgIpc) is 3.14. The summed E-state index contributed by atoms with van der Waals surface area (Å²) in [6, 6.07) is 10.9. The molecular formula is C19H18N2O4S. The normalized spacial score (nSPS) is 15.8. The Morgan fingerprint density at radius 2 is 1.92 bits per heavy atom. The van der Waals surface area contributed by atoms with Crippen molar-refractivity contribution in [3.05, 3.63) is 58.4 Å². The number of imide groups is 1. The van der Waals surface area contributed by atoms with Gasteiger partial charge in [-0.15, -0.1) is 0 Å². The second-order valence-corrected chi connectivity index (χ2v) is 6.81. The molecular weight excluding hydrogens is 352 g/mol. The topological polar surface area (TPSA) is 79.6 Å². The highest BCUT2D eigenvalue weighted by Crippen LogP contribution is 2.32. The molecule has 1 aliphatic rings. The number of nitrogens with zero attached hydrogens (tertiary/aromatic N) is 1.